The molecule has 8 rings (SSSR count). The van der Waals surface area contributed by atoms with Gasteiger partial charge in [-0.05, 0) is 0 Å². The predicted molar refractivity (Wildman–Crippen MR) is 246 cm³/mol. The topological polar surface area (TPSA) is 26.3 Å². The van der Waals surface area contributed by atoms with Gasteiger partial charge in [-0.3, -0.25) is 0 Å². The summed E-state index contributed by atoms with van der Waals surface area (Å²) >= 11 is -2.73. The van der Waals surface area contributed by atoms with Crippen LogP contribution in [0.1, 0.15) is 127 Å². The normalized spacial score (nSPS) is 16.3. The fourth-order valence-corrected chi connectivity index (χ4v) is 29.3. The van der Waals surface area contributed by atoms with Crippen LogP contribution in [0.15, 0.2) is 93.8 Å². The average molecular weight is 860 g/mol. The van der Waals surface area contributed by atoms with Crippen LogP contribution in [0.25, 0.3) is 45.6 Å². The molecule has 296 valence electrons. The molecule has 2 aromatic heterocycles. The Hall–Kier alpha value is -3.98. The van der Waals surface area contributed by atoms with Gasteiger partial charge in [0.2, 0.25) is 0 Å². The van der Waals surface area contributed by atoms with Crippen molar-refractivity contribution in [3.05, 3.63) is 164 Å². The van der Waals surface area contributed by atoms with Crippen molar-refractivity contribution < 1.29 is 29.2 Å². The molecule has 6 aromatic rings. The molecule has 4 heteroatoms. The zero-order valence-corrected chi connectivity index (χ0v) is 40.7. The molecule has 0 N–H and O–H groups in total. The van der Waals surface area contributed by atoms with E-state index >= 15 is 0 Å². The number of fused-ring (bicyclic) bond motifs is 2. The molecular formula is C54H60O2SiZr. The molecule has 0 fully saturated rings. The predicted octanol–water partition coefficient (Wildman–Crippen LogP) is 15.4. The summed E-state index contributed by atoms with van der Waals surface area (Å²) in [6.45, 7) is 32.5. The number of aryl methyl sites for hydroxylation is 4. The van der Waals surface area contributed by atoms with Crippen LogP contribution in [-0.4, -0.2) is 5.43 Å². The molecule has 0 saturated heterocycles. The van der Waals surface area contributed by atoms with E-state index in [0.29, 0.717) is 7.25 Å². The minimum absolute atomic E-state index is 0.0984. The van der Waals surface area contributed by atoms with E-state index in [2.05, 4.69) is 193 Å². The molecule has 2 heterocycles. The summed E-state index contributed by atoms with van der Waals surface area (Å²) in [5, 5.41) is 0. The Morgan fingerprint density at radius 3 is 1.16 bits per heavy atom. The van der Waals surface area contributed by atoms with E-state index in [4.69, 9.17) is 8.83 Å². The molecule has 0 spiro atoms. The van der Waals surface area contributed by atoms with E-state index in [1.165, 1.54) is 89.0 Å². The fraction of sp³-hybridized carbons (Fsp3) is 0.333. The van der Waals surface area contributed by atoms with Crippen LogP contribution in [0, 0.1) is 41.5 Å². The first-order chi connectivity index (χ1) is 27.3. The Bertz CT molecular complexity index is 2510. The first-order valence-electron chi connectivity index (χ1n) is 21.1. The third-order valence-electron chi connectivity index (χ3n) is 13.0. The van der Waals surface area contributed by atoms with Gasteiger partial charge in [0.05, 0.1) is 0 Å². The van der Waals surface area contributed by atoms with Gasteiger partial charge in [0, 0.05) is 0 Å². The SMILES string of the molecule is Cc1ccc(C2=Cc3c(cc(C)c(C)c3-c3ccc(C(C)(C)C)cc3)[CH]2[Zr]([CH]2C(c3ccc(C)o3)=Cc3c2cc(C)c(C)c3-c2ccc(C(C)(C)C)cc2)=[Si](C)C)o1. The Morgan fingerprint density at radius 1 is 0.500 bits per heavy atom. The van der Waals surface area contributed by atoms with E-state index in [9.17, 15) is 0 Å². The van der Waals surface area contributed by atoms with Gasteiger partial charge in [0.25, 0.3) is 0 Å². The molecule has 2 aliphatic carbocycles. The van der Waals surface area contributed by atoms with Crippen molar-refractivity contribution in [3.63, 3.8) is 0 Å². The molecular weight excluding hydrogens is 800 g/mol. The number of hydrogen-bond donors (Lipinski definition) is 0. The summed E-state index contributed by atoms with van der Waals surface area (Å²) in [7, 11) is 0. The summed E-state index contributed by atoms with van der Waals surface area (Å²) in [6.07, 6.45) is 5.09. The molecule has 58 heavy (non-hydrogen) atoms. The Kier molecular flexibility index (Phi) is 10.5. The van der Waals surface area contributed by atoms with Crippen molar-refractivity contribution >= 4 is 28.7 Å². The summed E-state index contributed by atoms with van der Waals surface area (Å²) in [5.41, 5.74) is 21.5. The van der Waals surface area contributed by atoms with Crippen LogP contribution in [0.4, 0.5) is 0 Å². The van der Waals surface area contributed by atoms with Gasteiger partial charge < -0.3 is 0 Å². The van der Waals surface area contributed by atoms with E-state index < -0.39 is 25.8 Å². The van der Waals surface area contributed by atoms with Gasteiger partial charge in [-0.1, -0.05) is 0 Å². The fourth-order valence-electron chi connectivity index (χ4n) is 9.57. The molecule has 0 aliphatic heterocycles. The molecule has 2 unspecified atom stereocenters. The third kappa shape index (κ3) is 7.11. The van der Waals surface area contributed by atoms with Crippen molar-refractivity contribution in [1.82, 2.24) is 0 Å². The molecule has 0 amide bonds. The molecule has 2 atom stereocenters. The first-order valence-corrected chi connectivity index (χ1v) is 30.1. The third-order valence-corrected chi connectivity index (χ3v) is 32.2. The number of allylic oxidation sites excluding steroid dienone is 2. The van der Waals surface area contributed by atoms with E-state index in [1.54, 1.807) is 0 Å². The summed E-state index contributed by atoms with van der Waals surface area (Å²) < 4.78 is 14.0. The molecule has 0 bridgehead atoms. The van der Waals surface area contributed by atoms with E-state index in [0.717, 1.165) is 23.0 Å². The van der Waals surface area contributed by atoms with Crippen molar-refractivity contribution in [2.24, 2.45) is 0 Å². The molecule has 2 nitrogen and oxygen atoms in total. The van der Waals surface area contributed by atoms with Crippen molar-refractivity contribution in [3.8, 4) is 22.3 Å². The summed E-state index contributed by atoms with van der Waals surface area (Å²) in [5.74, 6) is 3.99. The average Bonchev–Trinajstić information content (AvgIpc) is 3.95. The number of rotatable bonds is 6. The Balaban J connectivity index is 1.39. The zero-order valence-electron chi connectivity index (χ0n) is 37.2. The number of furan rings is 2. The van der Waals surface area contributed by atoms with Gasteiger partial charge >= 0.3 is 358 Å². The van der Waals surface area contributed by atoms with Crippen LogP contribution in [0.5, 0.6) is 0 Å². The van der Waals surface area contributed by atoms with Crippen LogP contribution in [0.3, 0.4) is 0 Å². The van der Waals surface area contributed by atoms with Gasteiger partial charge in [0.1, 0.15) is 0 Å². The van der Waals surface area contributed by atoms with Gasteiger partial charge in [0.15, 0.2) is 0 Å². The van der Waals surface area contributed by atoms with Crippen molar-refractivity contribution in [2.45, 2.75) is 114 Å². The minimum atomic E-state index is -2.73. The van der Waals surface area contributed by atoms with Crippen LogP contribution in [0.2, 0.25) is 13.1 Å². The Morgan fingerprint density at radius 2 is 0.862 bits per heavy atom. The van der Waals surface area contributed by atoms with Gasteiger partial charge in [-0.15, -0.1) is 0 Å². The van der Waals surface area contributed by atoms with Crippen LogP contribution in [-0.2, 0) is 31.2 Å². The Labute approximate surface area is 355 Å². The van der Waals surface area contributed by atoms with Gasteiger partial charge in [-0.2, -0.15) is 0 Å². The maximum absolute atomic E-state index is 6.65. The first kappa shape index (κ1) is 40.8. The number of hydrogen-bond acceptors (Lipinski definition) is 2. The second kappa shape index (κ2) is 14.9. The zero-order chi connectivity index (χ0) is 41.6. The van der Waals surface area contributed by atoms with Crippen LogP contribution >= 0.6 is 0 Å². The van der Waals surface area contributed by atoms with E-state index in [1.807, 2.05) is 0 Å². The second-order valence-electron chi connectivity index (χ2n) is 19.4. The monoisotopic (exact) mass is 858 g/mol. The standard InChI is InChI=1S/2C26H27O.C2H6Si.Zr/c2*1-16-13-20-14-21(24-12-7-17(2)27-24)15-23(20)25(18(16)3)19-8-10-22(11-9-19)26(4,5)6;1-3-2;/h2*7-15H,1-6H3;1-2H3;. The van der Waals surface area contributed by atoms with Crippen LogP contribution < -0.4 is 0 Å². The second-order valence-corrected chi connectivity index (χ2v) is 37.3. The van der Waals surface area contributed by atoms with Crippen molar-refractivity contribution in [2.75, 3.05) is 0 Å². The molecule has 2 aliphatic rings. The quantitative estimate of drug-likeness (QED) is 0.156. The summed E-state index contributed by atoms with van der Waals surface area (Å²) in [4.78, 5) is 0. The maximum atomic E-state index is 6.65. The molecule has 0 saturated carbocycles. The molecule has 4 aromatic carbocycles. The summed E-state index contributed by atoms with van der Waals surface area (Å²) in [6, 6.07) is 32.7. The van der Waals surface area contributed by atoms with Gasteiger partial charge in [-0.25, -0.2) is 0 Å². The van der Waals surface area contributed by atoms with Crippen molar-refractivity contribution in [1.29, 1.82) is 0 Å². The molecule has 0 radical (unpaired) electrons. The van der Waals surface area contributed by atoms with E-state index in [-0.39, 0.29) is 10.8 Å². The number of benzene rings is 4.